The van der Waals surface area contributed by atoms with Crippen molar-refractivity contribution < 1.29 is 9.90 Å². The van der Waals surface area contributed by atoms with Crippen LogP contribution in [0.15, 0.2) is 48.5 Å². The number of carbonyl (C=O) groups is 1. The molecule has 0 spiro atoms. The molecular formula is C26H26Cl2N2O2. The lowest BCUT2D eigenvalue weighted by Crippen LogP contribution is -2.14. The van der Waals surface area contributed by atoms with Crippen molar-refractivity contribution in [1.29, 1.82) is 5.26 Å². The molecule has 0 radical (unpaired) electrons. The Hall–Kier alpha value is -3.00. The number of nitrogens with one attached hydrogen (secondary N) is 1. The Labute approximate surface area is 199 Å². The minimum atomic E-state index is -0.568. The van der Waals surface area contributed by atoms with Gasteiger partial charge in [0, 0.05) is 15.7 Å². The Bertz CT molecular complexity index is 1170. The number of amides is 1. The summed E-state index contributed by atoms with van der Waals surface area (Å²) < 4.78 is 0. The number of benzene rings is 3. The van der Waals surface area contributed by atoms with E-state index in [0.29, 0.717) is 26.9 Å². The number of hydrogen-bond donors (Lipinski definition) is 2. The Morgan fingerprint density at radius 3 is 2.22 bits per heavy atom. The molecule has 0 bridgehead atoms. The van der Waals surface area contributed by atoms with Gasteiger partial charge in [0.2, 0.25) is 0 Å². The normalized spacial score (nSPS) is 11.1. The summed E-state index contributed by atoms with van der Waals surface area (Å²) in [5.41, 5.74) is 4.39. The molecule has 1 atom stereocenters. The van der Waals surface area contributed by atoms with E-state index in [1.807, 2.05) is 33.8 Å². The summed E-state index contributed by atoms with van der Waals surface area (Å²) >= 11 is 12.4. The van der Waals surface area contributed by atoms with Crippen LogP contribution in [0, 0.1) is 32.1 Å². The van der Waals surface area contributed by atoms with E-state index < -0.39 is 11.8 Å². The first-order valence-corrected chi connectivity index (χ1v) is 11.0. The molecule has 3 aromatic carbocycles. The van der Waals surface area contributed by atoms with Crippen LogP contribution < -0.4 is 5.32 Å². The average molecular weight is 469 g/mol. The highest BCUT2D eigenvalue weighted by atomic mass is 35.5. The molecule has 0 aromatic heterocycles. The molecule has 32 heavy (non-hydrogen) atoms. The number of hydrogen-bond acceptors (Lipinski definition) is 3. The lowest BCUT2D eigenvalue weighted by molar-refractivity contribution is 0.102. The summed E-state index contributed by atoms with van der Waals surface area (Å²) in [6.45, 7) is 9.43. The van der Waals surface area contributed by atoms with Crippen molar-refractivity contribution >= 4 is 34.8 Å². The minimum absolute atomic E-state index is 0.0502. The van der Waals surface area contributed by atoms with E-state index in [9.17, 15) is 15.2 Å². The fourth-order valence-electron chi connectivity index (χ4n) is 3.36. The van der Waals surface area contributed by atoms with Crippen molar-refractivity contribution in [3.05, 3.63) is 92.0 Å². The Morgan fingerprint density at radius 1 is 1.00 bits per heavy atom. The monoisotopic (exact) mass is 468 g/mol. The third kappa shape index (κ3) is 5.62. The van der Waals surface area contributed by atoms with E-state index in [1.54, 1.807) is 49.4 Å². The zero-order valence-corrected chi connectivity index (χ0v) is 20.3. The van der Waals surface area contributed by atoms with Gasteiger partial charge in [0.1, 0.15) is 5.75 Å². The summed E-state index contributed by atoms with van der Waals surface area (Å²) in [5, 5.41) is 23.7. The van der Waals surface area contributed by atoms with Crippen LogP contribution in [0.2, 0.25) is 10.0 Å². The number of halogens is 2. The number of nitrogens with zero attached hydrogens (tertiary/aromatic N) is 1. The average Bonchev–Trinajstić information content (AvgIpc) is 2.77. The lowest BCUT2D eigenvalue weighted by atomic mass is 9.91. The predicted octanol–water partition coefficient (Wildman–Crippen LogP) is 7.56. The van der Waals surface area contributed by atoms with E-state index in [1.165, 1.54) is 0 Å². The van der Waals surface area contributed by atoms with Gasteiger partial charge in [-0.15, -0.1) is 0 Å². The predicted molar refractivity (Wildman–Crippen MR) is 132 cm³/mol. The van der Waals surface area contributed by atoms with Gasteiger partial charge in [-0.25, -0.2) is 0 Å². The molecule has 0 aliphatic rings. The Morgan fingerprint density at radius 2 is 1.62 bits per heavy atom. The van der Waals surface area contributed by atoms with E-state index in [4.69, 9.17) is 23.2 Å². The second-order valence-electron chi connectivity index (χ2n) is 7.23. The van der Waals surface area contributed by atoms with Gasteiger partial charge in [-0.1, -0.05) is 61.3 Å². The third-order valence-electron chi connectivity index (χ3n) is 4.92. The summed E-state index contributed by atoms with van der Waals surface area (Å²) in [5.74, 6) is -1.05. The van der Waals surface area contributed by atoms with Crippen molar-refractivity contribution in [1.82, 2.24) is 0 Å². The van der Waals surface area contributed by atoms with Crippen LogP contribution in [-0.2, 0) is 0 Å². The highest BCUT2D eigenvalue weighted by Crippen LogP contribution is 2.35. The highest BCUT2D eigenvalue weighted by Gasteiger charge is 2.20. The maximum Gasteiger partial charge on any atom is 0.259 e. The molecule has 1 amide bonds. The second-order valence-corrected chi connectivity index (χ2v) is 8.08. The molecule has 166 valence electrons. The summed E-state index contributed by atoms with van der Waals surface area (Å²) in [4.78, 5) is 12.8. The van der Waals surface area contributed by atoms with Crippen LogP contribution in [-0.4, -0.2) is 11.0 Å². The number of aryl methyl sites for hydroxylation is 3. The van der Waals surface area contributed by atoms with Crippen molar-refractivity contribution in [3.63, 3.8) is 0 Å². The minimum Gasteiger partial charge on any atom is -0.507 e. The molecule has 6 heteroatoms. The van der Waals surface area contributed by atoms with Gasteiger partial charge in [-0.3, -0.25) is 4.79 Å². The first-order valence-electron chi connectivity index (χ1n) is 10.3. The Kier molecular flexibility index (Phi) is 8.72. The summed E-state index contributed by atoms with van der Waals surface area (Å²) in [7, 11) is 0. The quantitative estimate of drug-likeness (QED) is 0.414. The SMILES string of the molecule is CC.Cc1cc(C)c(O)c(C(=O)Nc2cc(Cl)c(C(C#N)c3ccc(Cl)cc3)cc2C)c1. The molecule has 3 aromatic rings. The highest BCUT2D eigenvalue weighted by molar-refractivity contribution is 6.32. The third-order valence-corrected chi connectivity index (χ3v) is 5.50. The number of phenols is 1. The van der Waals surface area contributed by atoms with E-state index in [-0.39, 0.29) is 11.3 Å². The van der Waals surface area contributed by atoms with Crippen molar-refractivity contribution in [3.8, 4) is 11.8 Å². The van der Waals surface area contributed by atoms with Gasteiger partial charge in [0.15, 0.2) is 0 Å². The van der Waals surface area contributed by atoms with Gasteiger partial charge in [0.25, 0.3) is 5.91 Å². The molecule has 0 heterocycles. The Balaban J connectivity index is 0.00000176. The molecule has 0 aliphatic carbocycles. The first-order chi connectivity index (χ1) is 15.2. The van der Waals surface area contributed by atoms with Gasteiger partial charge in [0.05, 0.1) is 17.6 Å². The molecule has 0 aliphatic heterocycles. The number of anilines is 1. The van der Waals surface area contributed by atoms with Crippen LogP contribution in [0.5, 0.6) is 5.75 Å². The van der Waals surface area contributed by atoms with Crippen LogP contribution in [0.25, 0.3) is 0 Å². The molecule has 0 fully saturated rings. The maximum absolute atomic E-state index is 12.8. The molecule has 0 saturated heterocycles. The zero-order chi connectivity index (χ0) is 24.0. The largest absolute Gasteiger partial charge is 0.507 e. The number of rotatable bonds is 4. The van der Waals surface area contributed by atoms with Gasteiger partial charge in [-0.05, 0) is 72.9 Å². The number of carbonyl (C=O) groups excluding carboxylic acids is 1. The van der Waals surface area contributed by atoms with E-state index in [2.05, 4.69) is 11.4 Å². The van der Waals surface area contributed by atoms with Crippen LogP contribution >= 0.6 is 23.2 Å². The van der Waals surface area contributed by atoms with E-state index in [0.717, 1.165) is 16.7 Å². The van der Waals surface area contributed by atoms with Gasteiger partial charge >= 0.3 is 0 Å². The molecule has 1 unspecified atom stereocenters. The molecule has 4 nitrogen and oxygen atoms in total. The fourth-order valence-corrected chi connectivity index (χ4v) is 3.76. The smallest absolute Gasteiger partial charge is 0.259 e. The first kappa shape index (κ1) is 25.3. The number of phenolic OH excluding ortho intramolecular Hbond substituents is 1. The van der Waals surface area contributed by atoms with Crippen molar-refractivity contribution in [2.24, 2.45) is 0 Å². The topological polar surface area (TPSA) is 73.1 Å². The summed E-state index contributed by atoms with van der Waals surface area (Å²) in [6, 6.07) is 16.2. The van der Waals surface area contributed by atoms with Crippen molar-refractivity contribution in [2.45, 2.75) is 40.5 Å². The van der Waals surface area contributed by atoms with Gasteiger partial charge in [-0.2, -0.15) is 5.26 Å². The number of aromatic hydroxyl groups is 1. The van der Waals surface area contributed by atoms with Crippen molar-refractivity contribution in [2.75, 3.05) is 5.32 Å². The van der Waals surface area contributed by atoms with Crippen LogP contribution in [0.1, 0.15) is 57.9 Å². The van der Waals surface area contributed by atoms with Crippen LogP contribution in [0.4, 0.5) is 5.69 Å². The summed E-state index contributed by atoms with van der Waals surface area (Å²) in [6.07, 6.45) is 0. The second kappa shape index (κ2) is 11.0. The fraction of sp³-hybridized carbons (Fsp3) is 0.231. The standard InChI is InChI=1S/C24H20Cl2N2O2.C2H6/c1-13-8-15(3)23(29)19(9-13)24(30)28-22-11-21(26)18(10-14(22)2)20(12-27)16-4-6-17(25)7-5-16;1-2/h4-11,20,29H,1-3H3,(H,28,30);1-2H3. The maximum atomic E-state index is 12.8. The lowest BCUT2D eigenvalue weighted by Gasteiger charge is -2.17. The molecule has 2 N–H and O–H groups in total. The molecule has 3 rings (SSSR count). The van der Waals surface area contributed by atoms with Gasteiger partial charge < -0.3 is 10.4 Å². The van der Waals surface area contributed by atoms with E-state index >= 15 is 0 Å². The molecule has 0 saturated carbocycles. The van der Waals surface area contributed by atoms with Crippen LogP contribution in [0.3, 0.4) is 0 Å². The zero-order valence-electron chi connectivity index (χ0n) is 18.8. The molecular weight excluding hydrogens is 443 g/mol. The number of nitriles is 1.